The maximum Gasteiger partial charge on any atom is 0.416 e. The van der Waals surface area contributed by atoms with Crippen molar-refractivity contribution < 1.29 is 23.0 Å². The van der Waals surface area contributed by atoms with Crippen LogP contribution in [0.4, 0.5) is 30.2 Å². The van der Waals surface area contributed by atoms with E-state index < -0.39 is 38.6 Å². The number of hydrogen-bond donors (Lipinski definition) is 1. The van der Waals surface area contributed by atoms with E-state index in [9.17, 15) is 33.4 Å². The van der Waals surface area contributed by atoms with Crippen LogP contribution < -0.4 is 5.32 Å². The van der Waals surface area contributed by atoms with Gasteiger partial charge in [-0.1, -0.05) is 30.3 Å². The van der Waals surface area contributed by atoms with Crippen LogP contribution in [0.15, 0.2) is 42.5 Å². The van der Waals surface area contributed by atoms with Crippen LogP contribution >= 0.6 is 0 Å². The first-order valence-electron chi connectivity index (χ1n) is 6.52. The van der Waals surface area contributed by atoms with Gasteiger partial charge in [0.2, 0.25) is 0 Å². The number of nitrogens with zero attached hydrogens (tertiary/aromatic N) is 2. The van der Waals surface area contributed by atoms with Gasteiger partial charge in [-0.3, -0.25) is 20.2 Å². The third-order valence-electron chi connectivity index (χ3n) is 3.13. The Kier molecular flexibility index (Phi) is 4.67. The summed E-state index contributed by atoms with van der Waals surface area (Å²) in [6.07, 6.45) is -4.94. The molecular formula is C14H10F3N3O4. The van der Waals surface area contributed by atoms with Crippen molar-refractivity contribution in [2.75, 3.05) is 5.32 Å². The fourth-order valence-corrected chi connectivity index (χ4v) is 2.03. The van der Waals surface area contributed by atoms with Crippen molar-refractivity contribution in [2.24, 2.45) is 0 Å². The van der Waals surface area contributed by atoms with Crippen LogP contribution in [0, 0.1) is 20.2 Å². The van der Waals surface area contributed by atoms with Gasteiger partial charge in [0.05, 0.1) is 15.4 Å². The molecule has 0 aliphatic rings. The molecule has 0 aliphatic carbocycles. The number of nitrogens with one attached hydrogen (secondary N) is 1. The zero-order chi connectivity index (χ0) is 17.9. The Morgan fingerprint density at radius 3 is 1.88 bits per heavy atom. The second-order valence-corrected chi connectivity index (χ2v) is 4.74. The SMILES string of the molecule is O=[N+]([O-])c1cc(C(F)(F)F)cc([N+](=O)[O-])c1NCc1ccccc1. The van der Waals surface area contributed by atoms with E-state index in [-0.39, 0.29) is 18.7 Å². The summed E-state index contributed by atoms with van der Waals surface area (Å²) in [5.74, 6) is 0. The normalized spacial score (nSPS) is 11.1. The molecule has 2 rings (SSSR count). The van der Waals surface area contributed by atoms with E-state index in [1.807, 2.05) is 0 Å². The fourth-order valence-electron chi connectivity index (χ4n) is 2.03. The van der Waals surface area contributed by atoms with Gasteiger partial charge in [0.1, 0.15) is 0 Å². The first-order valence-corrected chi connectivity index (χ1v) is 6.52. The van der Waals surface area contributed by atoms with Crippen LogP contribution in [-0.2, 0) is 12.7 Å². The molecule has 2 aromatic rings. The molecule has 0 fully saturated rings. The Balaban J connectivity index is 2.51. The Hall–Kier alpha value is -3.17. The minimum Gasteiger partial charge on any atom is -0.370 e. The summed E-state index contributed by atoms with van der Waals surface area (Å²) in [6.45, 7) is -0.0200. The number of rotatable bonds is 5. The molecule has 10 heteroatoms. The first kappa shape index (κ1) is 17.2. The van der Waals surface area contributed by atoms with Gasteiger partial charge in [-0.2, -0.15) is 13.2 Å². The fraction of sp³-hybridized carbons (Fsp3) is 0.143. The maximum atomic E-state index is 12.8. The summed E-state index contributed by atoms with van der Waals surface area (Å²) >= 11 is 0. The topological polar surface area (TPSA) is 98.3 Å². The lowest BCUT2D eigenvalue weighted by atomic mass is 10.1. The number of anilines is 1. The van der Waals surface area contributed by atoms with E-state index in [1.54, 1.807) is 30.3 Å². The van der Waals surface area contributed by atoms with E-state index in [4.69, 9.17) is 0 Å². The highest BCUT2D eigenvalue weighted by molar-refractivity contribution is 5.75. The molecule has 0 radical (unpaired) electrons. The minimum absolute atomic E-state index is 0.0200. The molecule has 7 nitrogen and oxygen atoms in total. The molecule has 126 valence electrons. The second kappa shape index (κ2) is 6.52. The highest BCUT2D eigenvalue weighted by Gasteiger charge is 2.37. The van der Waals surface area contributed by atoms with E-state index in [0.29, 0.717) is 5.56 Å². The minimum atomic E-state index is -4.94. The molecule has 0 saturated carbocycles. The molecule has 2 aromatic carbocycles. The molecule has 0 bridgehead atoms. The van der Waals surface area contributed by atoms with Gasteiger partial charge in [0, 0.05) is 18.7 Å². The molecule has 0 saturated heterocycles. The lowest BCUT2D eigenvalue weighted by molar-refractivity contribution is -0.392. The van der Waals surface area contributed by atoms with Gasteiger partial charge >= 0.3 is 6.18 Å². The number of alkyl halides is 3. The molecule has 0 spiro atoms. The Bertz CT molecular complexity index is 744. The van der Waals surface area contributed by atoms with Crippen LogP contribution in [0.5, 0.6) is 0 Å². The summed E-state index contributed by atoms with van der Waals surface area (Å²) in [4.78, 5) is 19.9. The number of nitro benzene ring substituents is 2. The van der Waals surface area contributed by atoms with Gasteiger partial charge in [-0.25, -0.2) is 0 Å². The summed E-state index contributed by atoms with van der Waals surface area (Å²) in [7, 11) is 0. The van der Waals surface area contributed by atoms with E-state index >= 15 is 0 Å². The Labute approximate surface area is 133 Å². The molecule has 0 atom stereocenters. The average molecular weight is 341 g/mol. The lowest BCUT2D eigenvalue weighted by Crippen LogP contribution is -2.10. The molecule has 0 aliphatic heterocycles. The molecule has 0 aromatic heterocycles. The third-order valence-corrected chi connectivity index (χ3v) is 3.13. The van der Waals surface area contributed by atoms with Gasteiger partial charge in [0.25, 0.3) is 11.4 Å². The van der Waals surface area contributed by atoms with E-state index in [2.05, 4.69) is 5.32 Å². The predicted octanol–water partition coefficient (Wildman–Crippen LogP) is 4.13. The van der Waals surface area contributed by atoms with Gasteiger partial charge in [-0.15, -0.1) is 0 Å². The molecule has 0 amide bonds. The quantitative estimate of drug-likeness (QED) is 0.651. The van der Waals surface area contributed by atoms with E-state index in [0.717, 1.165) is 0 Å². The van der Waals surface area contributed by atoms with Crippen molar-refractivity contribution in [1.29, 1.82) is 0 Å². The highest BCUT2D eigenvalue weighted by atomic mass is 19.4. The molecule has 0 unspecified atom stereocenters. The molecule has 24 heavy (non-hydrogen) atoms. The van der Waals surface area contributed by atoms with Crippen LogP contribution in [0.2, 0.25) is 0 Å². The number of hydrogen-bond acceptors (Lipinski definition) is 5. The Morgan fingerprint density at radius 1 is 0.958 bits per heavy atom. The zero-order valence-electron chi connectivity index (χ0n) is 11.9. The highest BCUT2D eigenvalue weighted by Crippen LogP contribution is 2.41. The zero-order valence-corrected chi connectivity index (χ0v) is 11.9. The van der Waals surface area contributed by atoms with Crippen LogP contribution in [0.3, 0.4) is 0 Å². The van der Waals surface area contributed by atoms with Crippen molar-refractivity contribution in [1.82, 2.24) is 0 Å². The standard InChI is InChI=1S/C14H10F3N3O4/c15-14(16,17)10-6-11(19(21)22)13(12(7-10)20(23)24)18-8-9-4-2-1-3-5-9/h1-7,18H,8H2. The number of nitro groups is 2. The monoisotopic (exact) mass is 341 g/mol. The maximum absolute atomic E-state index is 12.8. The van der Waals surface area contributed by atoms with Gasteiger partial charge < -0.3 is 5.32 Å². The molecule has 0 heterocycles. The first-order chi connectivity index (χ1) is 11.2. The number of halogens is 3. The van der Waals surface area contributed by atoms with Crippen molar-refractivity contribution in [3.05, 3.63) is 73.8 Å². The molecular weight excluding hydrogens is 331 g/mol. The van der Waals surface area contributed by atoms with Crippen LogP contribution in [0.1, 0.15) is 11.1 Å². The smallest absolute Gasteiger partial charge is 0.370 e. The molecule has 1 N–H and O–H groups in total. The van der Waals surface area contributed by atoms with Crippen molar-refractivity contribution in [2.45, 2.75) is 12.7 Å². The average Bonchev–Trinajstić information content (AvgIpc) is 2.51. The predicted molar refractivity (Wildman–Crippen MR) is 78.5 cm³/mol. The Morgan fingerprint density at radius 2 is 1.46 bits per heavy atom. The van der Waals surface area contributed by atoms with Gasteiger partial charge in [-0.05, 0) is 5.56 Å². The van der Waals surface area contributed by atoms with Gasteiger partial charge in [0.15, 0.2) is 5.69 Å². The van der Waals surface area contributed by atoms with Crippen LogP contribution in [0.25, 0.3) is 0 Å². The third kappa shape index (κ3) is 3.77. The number of benzene rings is 2. The van der Waals surface area contributed by atoms with Crippen molar-refractivity contribution in [3.8, 4) is 0 Å². The van der Waals surface area contributed by atoms with Crippen LogP contribution in [-0.4, -0.2) is 9.85 Å². The summed E-state index contributed by atoms with van der Waals surface area (Å²) in [5, 5.41) is 24.6. The summed E-state index contributed by atoms with van der Waals surface area (Å²) in [6, 6.07) is 8.98. The van der Waals surface area contributed by atoms with Crippen molar-refractivity contribution in [3.63, 3.8) is 0 Å². The van der Waals surface area contributed by atoms with E-state index in [1.165, 1.54) is 0 Å². The largest absolute Gasteiger partial charge is 0.416 e. The van der Waals surface area contributed by atoms with Crippen molar-refractivity contribution >= 4 is 17.1 Å². The second-order valence-electron chi connectivity index (χ2n) is 4.74. The summed E-state index contributed by atoms with van der Waals surface area (Å²) < 4.78 is 38.4. The summed E-state index contributed by atoms with van der Waals surface area (Å²) in [5.41, 5.74) is -3.38. The lowest BCUT2D eigenvalue weighted by Gasteiger charge is -2.11.